The molecule has 0 aliphatic heterocycles. The number of nitrogens with zero attached hydrogens (tertiary/aromatic N) is 2. The number of imidazole rings is 1. The fourth-order valence-electron chi connectivity index (χ4n) is 1.37. The summed E-state index contributed by atoms with van der Waals surface area (Å²) in [6.45, 7) is 0. The Bertz CT molecular complexity index is 513. The molecular formula is C9H8N2O3S. The van der Waals surface area contributed by atoms with Gasteiger partial charge in [0.1, 0.15) is 0 Å². The molecule has 2 aromatic rings. The van der Waals surface area contributed by atoms with Gasteiger partial charge in [0.25, 0.3) is 0 Å². The van der Waals surface area contributed by atoms with Gasteiger partial charge in [-0.25, -0.2) is 9.78 Å². The third kappa shape index (κ3) is 1.52. The van der Waals surface area contributed by atoms with E-state index in [1.165, 1.54) is 10.7 Å². The first-order chi connectivity index (χ1) is 7.11. The van der Waals surface area contributed by atoms with Crippen molar-refractivity contribution < 1.29 is 14.1 Å². The number of fused-ring (bicyclic) bond motifs is 1. The third-order valence-corrected chi connectivity index (χ3v) is 2.78. The van der Waals surface area contributed by atoms with Crippen LogP contribution in [0.5, 0.6) is 0 Å². The zero-order chi connectivity index (χ0) is 11.0. The predicted molar refractivity (Wildman–Crippen MR) is 54.5 cm³/mol. The number of carboxylic acid groups (broad SMARTS) is 1. The van der Waals surface area contributed by atoms with E-state index in [0.29, 0.717) is 5.52 Å². The number of hydrogen-bond donors (Lipinski definition) is 1. The Morgan fingerprint density at radius 3 is 2.87 bits per heavy atom. The summed E-state index contributed by atoms with van der Waals surface area (Å²) in [6, 6.07) is 5.08. The molecule has 0 aliphatic rings. The molecule has 0 bridgehead atoms. The van der Waals surface area contributed by atoms with Crippen molar-refractivity contribution in [2.45, 2.75) is 5.16 Å². The molecule has 0 spiro atoms. The van der Waals surface area contributed by atoms with Crippen LogP contribution >= 0.6 is 0 Å². The molecule has 1 atom stereocenters. The van der Waals surface area contributed by atoms with Gasteiger partial charge in [0.05, 0.1) is 16.3 Å². The van der Waals surface area contributed by atoms with Crippen molar-refractivity contribution in [3.63, 3.8) is 0 Å². The summed E-state index contributed by atoms with van der Waals surface area (Å²) in [6.07, 6.45) is 3.11. The van der Waals surface area contributed by atoms with Gasteiger partial charge in [-0.05, 0) is 12.1 Å². The standard InChI is InChI=1S/C9H8N2O3S/c1-15(14)9-10-7(8(12)13)6-4-2-3-5-11(6)9/h2-5H,1H3,(H,12,13). The quantitative estimate of drug-likeness (QED) is 0.817. The largest absolute Gasteiger partial charge is 0.476 e. The van der Waals surface area contributed by atoms with E-state index in [-0.39, 0.29) is 10.9 Å². The van der Waals surface area contributed by atoms with E-state index >= 15 is 0 Å². The summed E-state index contributed by atoms with van der Waals surface area (Å²) in [4.78, 5) is 14.7. The second kappa shape index (κ2) is 3.47. The zero-order valence-corrected chi connectivity index (χ0v) is 8.69. The summed E-state index contributed by atoms with van der Waals surface area (Å²) in [5.74, 6) is -1.12. The molecule has 2 aromatic heterocycles. The van der Waals surface area contributed by atoms with Gasteiger partial charge >= 0.3 is 5.97 Å². The van der Waals surface area contributed by atoms with Crippen molar-refractivity contribution in [3.05, 3.63) is 30.1 Å². The molecule has 0 saturated carbocycles. The Morgan fingerprint density at radius 1 is 1.53 bits per heavy atom. The molecule has 0 radical (unpaired) electrons. The smallest absolute Gasteiger partial charge is 0.356 e. The van der Waals surface area contributed by atoms with E-state index in [1.54, 1.807) is 24.4 Å². The van der Waals surface area contributed by atoms with Crippen molar-refractivity contribution in [1.29, 1.82) is 0 Å². The van der Waals surface area contributed by atoms with Crippen LogP contribution in [0.2, 0.25) is 0 Å². The predicted octanol–water partition coefficient (Wildman–Crippen LogP) is 0.770. The molecule has 2 rings (SSSR count). The highest BCUT2D eigenvalue weighted by Crippen LogP contribution is 2.14. The SMILES string of the molecule is CS(=O)c1nc(C(=O)O)c2ccccn12. The molecule has 0 amide bonds. The maximum atomic E-state index is 11.3. The molecule has 2 heterocycles. The van der Waals surface area contributed by atoms with Crippen LogP contribution in [0, 0.1) is 0 Å². The van der Waals surface area contributed by atoms with Crippen molar-refractivity contribution >= 4 is 22.3 Å². The number of carbonyl (C=O) groups is 1. The fourth-order valence-corrected chi connectivity index (χ4v) is 2.03. The van der Waals surface area contributed by atoms with E-state index in [2.05, 4.69) is 4.98 Å². The molecule has 1 unspecified atom stereocenters. The van der Waals surface area contributed by atoms with Crippen LogP contribution in [-0.2, 0) is 10.8 Å². The molecular weight excluding hydrogens is 216 g/mol. The van der Waals surface area contributed by atoms with Crippen molar-refractivity contribution in [1.82, 2.24) is 9.38 Å². The molecule has 1 N–H and O–H groups in total. The zero-order valence-electron chi connectivity index (χ0n) is 7.88. The minimum Gasteiger partial charge on any atom is -0.476 e. The maximum absolute atomic E-state index is 11.3. The highest BCUT2D eigenvalue weighted by Gasteiger charge is 2.17. The number of hydrogen-bond acceptors (Lipinski definition) is 3. The number of pyridine rings is 1. The van der Waals surface area contributed by atoms with Gasteiger partial charge < -0.3 is 5.11 Å². The topological polar surface area (TPSA) is 71.7 Å². The van der Waals surface area contributed by atoms with E-state index in [1.807, 2.05) is 0 Å². The monoisotopic (exact) mass is 224 g/mol. The molecule has 0 aromatic carbocycles. The van der Waals surface area contributed by atoms with Crippen molar-refractivity contribution in [2.24, 2.45) is 0 Å². The summed E-state index contributed by atoms with van der Waals surface area (Å²) in [7, 11) is -1.31. The minimum absolute atomic E-state index is 0.0687. The van der Waals surface area contributed by atoms with E-state index in [4.69, 9.17) is 5.11 Å². The second-order valence-corrected chi connectivity index (χ2v) is 4.23. The Morgan fingerprint density at radius 2 is 2.27 bits per heavy atom. The first kappa shape index (κ1) is 9.85. The van der Waals surface area contributed by atoms with Gasteiger partial charge in [-0.1, -0.05) is 6.07 Å². The van der Waals surface area contributed by atoms with Crippen LogP contribution in [0.4, 0.5) is 0 Å². The average Bonchev–Trinajstić information content (AvgIpc) is 2.56. The summed E-state index contributed by atoms with van der Waals surface area (Å²) >= 11 is 0. The first-order valence-electron chi connectivity index (χ1n) is 4.15. The molecule has 0 saturated heterocycles. The molecule has 0 aliphatic carbocycles. The summed E-state index contributed by atoms with van der Waals surface area (Å²) in [5, 5.41) is 9.16. The van der Waals surface area contributed by atoms with Crippen LogP contribution in [0.25, 0.3) is 5.52 Å². The van der Waals surface area contributed by atoms with Gasteiger partial charge in [-0.15, -0.1) is 0 Å². The van der Waals surface area contributed by atoms with Gasteiger partial charge in [0, 0.05) is 12.5 Å². The number of aromatic nitrogens is 2. The van der Waals surface area contributed by atoms with Gasteiger partial charge in [0.15, 0.2) is 5.69 Å². The number of aromatic carboxylic acids is 1. The lowest BCUT2D eigenvalue weighted by Crippen LogP contribution is -1.97. The number of carboxylic acids is 1. The Kier molecular flexibility index (Phi) is 2.28. The summed E-state index contributed by atoms with van der Waals surface area (Å²) < 4.78 is 12.9. The Labute approximate surface area is 87.8 Å². The van der Waals surface area contributed by atoms with E-state index in [9.17, 15) is 9.00 Å². The molecule has 0 fully saturated rings. The van der Waals surface area contributed by atoms with Gasteiger partial charge in [-0.2, -0.15) is 0 Å². The third-order valence-electron chi connectivity index (χ3n) is 1.98. The molecule has 15 heavy (non-hydrogen) atoms. The molecule has 78 valence electrons. The molecule has 6 heteroatoms. The second-order valence-electron chi connectivity index (χ2n) is 2.96. The number of rotatable bonds is 2. The molecule has 5 nitrogen and oxygen atoms in total. The van der Waals surface area contributed by atoms with Crippen LogP contribution in [-0.4, -0.2) is 30.9 Å². The highest BCUT2D eigenvalue weighted by atomic mass is 32.2. The Balaban J connectivity index is 2.85. The van der Waals surface area contributed by atoms with Crippen molar-refractivity contribution in [3.8, 4) is 0 Å². The first-order valence-corrected chi connectivity index (χ1v) is 5.71. The van der Waals surface area contributed by atoms with Crippen LogP contribution in [0.1, 0.15) is 10.5 Å². The van der Waals surface area contributed by atoms with Crippen LogP contribution < -0.4 is 0 Å². The van der Waals surface area contributed by atoms with E-state index in [0.717, 1.165) is 0 Å². The normalized spacial score (nSPS) is 12.9. The lowest BCUT2D eigenvalue weighted by Gasteiger charge is -1.95. The van der Waals surface area contributed by atoms with Crippen LogP contribution in [0.3, 0.4) is 0 Å². The van der Waals surface area contributed by atoms with Gasteiger partial charge in [-0.3, -0.25) is 8.61 Å². The fraction of sp³-hybridized carbons (Fsp3) is 0.111. The minimum atomic E-state index is -1.31. The van der Waals surface area contributed by atoms with Crippen molar-refractivity contribution in [2.75, 3.05) is 6.26 Å². The highest BCUT2D eigenvalue weighted by molar-refractivity contribution is 7.84. The van der Waals surface area contributed by atoms with Gasteiger partial charge in [0.2, 0.25) is 5.16 Å². The average molecular weight is 224 g/mol. The summed E-state index contributed by atoms with van der Waals surface area (Å²) in [5.41, 5.74) is 0.385. The lowest BCUT2D eigenvalue weighted by molar-refractivity contribution is 0.0693. The van der Waals surface area contributed by atoms with E-state index < -0.39 is 16.8 Å². The van der Waals surface area contributed by atoms with Crippen LogP contribution in [0.15, 0.2) is 29.6 Å². The lowest BCUT2D eigenvalue weighted by atomic mass is 10.3. The maximum Gasteiger partial charge on any atom is 0.356 e. The Hall–Kier alpha value is -1.69.